The topological polar surface area (TPSA) is 96.3 Å². The molecular formula is C17H26BNO6. The smallest absolute Gasteiger partial charge is 0.465 e. The highest BCUT2D eigenvalue weighted by molar-refractivity contribution is 6.60. The zero-order valence-corrected chi connectivity index (χ0v) is 16.1. The summed E-state index contributed by atoms with van der Waals surface area (Å²) in [4.78, 5) is 25.9. The predicted molar refractivity (Wildman–Crippen MR) is 96.5 cm³/mol. The molecular weight excluding hydrogens is 325 g/mol. The molecule has 0 aliphatic rings. The van der Waals surface area contributed by atoms with Crippen LogP contribution < -0.4 is 10.4 Å². The molecule has 1 amide bonds. The van der Waals surface area contributed by atoms with Gasteiger partial charge in [0.2, 0.25) is 0 Å². The van der Waals surface area contributed by atoms with Gasteiger partial charge in [-0.2, -0.15) is 0 Å². The van der Waals surface area contributed by atoms with Crippen molar-refractivity contribution in [2.24, 2.45) is 0 Å². The number of ether oxygens (including phenoxy) is 2. The molecule has 0 bridgehead atoms. The van der Waals surface area contributed by atoms with Crippen LogP contribution in [0, 0.1) is 20.8 Å². The summed E-state index contributed by atoms with van der Waals surface area (Å²) in [6.45, 7) is 10.2. The van der Waals surface area contributed by atoms with E-state index in [1.54, 1.807) is 41.5 Å². The quantitative estimate of drug-likeness (QED) is 0.632. The molecule has 0 spiro atoms. The Balaban J connectivity index is 3.67. The number of nitrogens with zero attached hydrogens (tertiary/aromatic N) is 1. The predicted octanol–water partition coefficient (Wildman–Crippen LogP) is 1.45. The Kier molecular flexibility index (Phi) is 6.26. The number of methoxy groups -OCH3 is 1. The summed E-state index contributed by atoms with van der Waals surface area (Å²) in [5.74, 6) is -0.615. The number of carbonyl (C=O) groups excluding carboxylic acids is 2. The normalized spacial score (nSPS) is 11.1. The first-order valence-electron chi connectivity index (χ1n) is 7.88. The van der Waals surface area contributed by atoms with Crippen molar-refractivity contribution in [2.75, 3.05) is 19.1 Å². The van der Waals surface area contributed by atoms with Gasteiger partial charge in [0, 0.05) is 7.05 Å². The molecule has 7 nitrogen and oxygen atoms in total. The van der Waals surface area contributed by atoms with E-state index in [2.05, 4.69) is 0 Å². The van der Waals surface area contributed by atoms with E-state index < -0.39 is 24.8 Å². The van der Waals surface area contributed by atoms with Crippen molar-refractivity contribution < 1.29 is 29.1 Å². The first-order chi connectivity index (χ1) is 11.3. The van der Waals surface area contributed by atoms with Gasteiger partial charge in [-0.3, -0.25) is 4.90 Å². The van der Waals surface area contributed by atoms with Gasteiger partial charge in [-0.1, -0.05) is 0 Å². The van der Waals surface area contributed by atoms with E-state index in [0.29, 0.717) is 22.4 Å². The van der Waals surface area contributed by atoms with Crippen LogP contribution in [0.5, 0.6) is 0 Å². The van der Waals surface area contributed by atoms with Crippen LogP contribution in [-0.2, 0) is 9.47 Å². The SMILES string of the molecule is COC(=O)c1c(C)c(B(O)O)c(C)c(N(C)C(=O)OC(C)(C)C)c1C. The van der Waals surface area contributed by atoms with Gasteiger partial charge in [-0.25, -0.2) is 9.59 Å². The molecule has 138 valence electrons. The van der Waals surface area contributed by atoms with Crippen molar-refractivity contribution >= 4 is 30.3 Å². The average molecular weight is 351 g/mol. The Morgan fingerprint density at radius 1 is 1.04 bits per heavy atom. The Morgan fingerprint density at radius 3 is 1.96 bits per heavy atom. The number of carbonyl (C=O) groups is 2. The molecule has 0 fully saturated rings. The fourth-order valence-corrected chi connectivity index (χ4v) is 2.94. The number of rotatable bonds is 3. The van der Waals surface area contributed by atoms with E-state index in [1.807, 2.05) is 0 Å². The average Bonchev–Trinajstić information content (AvgIpc) is 2.44. The molecule has 0 heterocycles. The van der Waals surface area contributed by atoms with E-state index in [0.717, 1.165) is 0 Å². The second-order valence-electron chi connectivity index (χ2n) is 6.92. The number of benzene rings is 1. The lowest BCUT2D eigenvalue weighted by Gasteiger charge is -2.29. The van der Waals surface area contributed by atoms with Crippen LogP contribution >= 0.6 is 0 Å². The maximum atomic E-state index is 12.4. The van der Waals surface area contributed by atoms with Crippen LogP contribution in [-0.4, -0.2) is 49.0 Å². The molecule has 1 aromatic carbocycles. The second kappa shape index (κ2) is 7.45. The number of amides is 1. The van der Waals surface area contributed by atoms with Crippen LogP contribution in [0.15, 0.2) is 0 Å². The van der Waals surface area contributed by atoms with Crippen molar-refractivity contribution in [2.45, 2.75) is 47.1 Å². The van der Waals surface area contributed by atoms with Crippen LogP contribution in [0.3, 0.4) is 0 Å². The highest BCUT2D eigenvalue weighted by atomic mass is 16.6. The van der Waals surface area contributed by atoms with Crippen LogP contribution in [0.25, 0.3) is 0 Å². The molecule has 0 aliphatic carbocycles. The summed E-state index contributed by atoms with van der Waals surface area (Å²) < 4.78 is 10.2. The molecule has 1 rings (SSSR count). The second-order valence-corrected chi connectivity index (χ2v) is 6.92. The Hall–Kier alpha value is -2.06. The highest BCUT2D eigenvalue weighted by Crippen LogP contribution is 2.30. The summed E-state index contributed by atoms with van der Waals surface area (Å²) in [5.41, 5.74) is 1.42. The van der Waals surface area contributed by atoms with Crippen molar-refractivity contribution in [1.29, 1.82) is 0 Å². The third-order valence-electron chi connectivity index (χ3n) is 3.92. The molecule has 1 aromatic rings. The maximum Gasteiger partial charge on any atom is 0.489 e. The van der Waals surface area contributed by atoms with Gasteiger partial charge in [0.05, 0.1) is 18.4 Å². The number of hydrogen-bond acceptors (Lipinski definition) is 6. The Morgan fingerprint density at radius 2 is 1.56 bits per heavy atom. The monoisotopic (exact) mass is 351 g/mol. The fraction of sp³-hybridized carbons (Fsp3) is 0.529. The van der Waals surface area contributed by atoms with E-state index in [1.165, 1.54) is 19.1 Å². The highest BCUT2D eigenvalue weighted by Gasteiger charge is 2.31. The minimum atomic E-state index is -1.80. The number of hydrogen-bond donors (Lipinski definition) is 2. The third kappa shape index (κ3) is 4.32. The zero-order chi connectivity index (χ0) is 19.7. The number of esters is 1. The van der Waals surface area contributed by atoms with E-state index in [9.17, 15) is 19.6 Å². The summed E-state index contributed by atoms with van der Waals surface area (Å²) in [6, 6.07) is 0. The van der Waals surface area contributed by atoms with Crippen LogP contribution in [0.2, 0.25) is 0 Å². The molecule has 0 saturated carbocycles. The Labute approximate surface area is 148 Å². The lowest BCUT2D eigenvalue weighted by molar-refractivity contribution is 0.0578. The number of anilines is 1. The molecule has 8 heteroatoms. The molecule has 0 atom stereocenters. The van der Waals surface area contributed by atoms with Crippen molar-refractivity contribution in [3.05, 3.63) is 22.3 Å². The van der Waals surface area contributed by atoms with Crippen molar-refractivity contribution in [1.82, 2.24) is 0 Å². The van der Waals surface area contributed by atoms with Crippen LogP contribution in [0.1, 0.15) is 47.8 Å². The Bertz CT molecular complexity index is 694. The summed E-state index contributed by atoms with van der Waals surface area (Å²) in [6.07, 6.45) is -0.614. The first kappa shape index (κ1) is 21.0. The van der Waals surface area contributed by atoms with Gasteiger partial charge in [0.1, 0.15) is 5.60 Å². The summed E-state index contributed by atoms with van der Waals surface area (Å²) in [7, 11) is 0.954. The summed E-state index contributed by atoms with van der Waals surface area (Å²) in [5, 5.41) is 19.5. The largest absolute Gasteiger partial charge is 0.489 e. The third-order valence-corrected chi connectivity index (χ3v) is 3.92. The molecule has 0 aliphatic heterocycles. The van der Waals surface area contributed by atoms with Gasteiger partial charge >= 0.3 is 19.2 Å². The molecule has 0 unspecified atom stereocenters. The minimum Gasteiger partial charge on any atom is -0.465 e. The first-order valence-corrected chi connectivity index (χ1v) is 7.88. The fourth-order valence-electron chi connectivity index (χ4n) is 2.94. The summed E-state index contributed by atoms with van der Waals surface area (Å²) >= 11 is 0. The standard InChI is InChI=1S/C17H26BNO6/c1-9-12(15(20)24-8)10(2)14(11(3)13(9)18(22)23)19(7)16(21)25-17(4,5)6/h22-23H,1-8H3. The molecule has 0 aromatic heterocycles. The van der Waals surface area contributed by atoms with E-state index >= 15 is 0 Å². The lowest BCUT2D eigenvalue weighted by atomic mass is 9.71. The molecule has 0 radical (unpaired) electrons. The van der Waals surface area contributed by atoms with Gasteiger partial charge in [0.15, 0.2) is 0 Å². The molecule has 25 heavy (non-hydrogen) atoms. The van der Waals surface area contributed by atoms with Crippen molar-refractivity contribution in [3.8, 4) is 0 Å². The van der Waals surface area contributed by atoms with Crippen molar-refractivity contribution in [3.63, 3.8) is 0 Å². The maximum absolute atomic E-state index is 12.4. The van der Waals surface area contributed by atoms with Crippen LogP contribution in [0.4, 0.5) is 10.5 Å². The van der Waals surface area contributed by atoms with Gasteiger partial charge in [-0.15, -0.1) is 0 Å². The molecule has 2 N–H and O–H groups in total. The van der Waals surface area contributed by atoms with Gasteiger partial charge in [-0.05, 0) is 63.7 Å². The molecule has 0 saturated heterocycles. The van der Waals surface area contributed by atoms with Gasteiger partial charge in [0.25, 0.3) is 0 Å². The van der Waals surface area contributed by atoms with Gasteiger partial charge < -0.3 is 19.5 Å². The minimum absolute atomic E-state index is 0.163. The van der Waals surface area contributed by atoms with E-state index in [4.69, 9.17) is 9.47 Å². The van der Waals surface area contributed by atoms with E-state index in [-0.39, 0.29) is 11.0 Å². The lowest BCUT2D eigenvalue weighted by Crippen LogP contribution is -2.40. The zero-order valence-electron chi connectivity index (χ0n) is 16.1.